The lowest BCUT2D eigenvalue weighted by atomic mass is 10.1. The molecule has 2 saturated heterocycles. The van der Waals surface area contributed by atoms with Gasteiger partial charge in [0.15, 0.2) is 61.5 Å². The van der Waals surface area contributed by atoms with Crippen molar-refractivity contribution in [3.63, 3.8) is 0 Å². The third-order valence-electron chi connectivity index (χ3n) is 9.06. The van der Waals surface area contributed by atoms with Crippen LogP contribution in [0.3, 0.4) is 0 Å². The average molecular weight is 919 g/mol. The van der Waals surface area contributed by atoms with Crippen molar-refractivity contribution in [3.8, 4) is 0 Å². The average Bonchev–Trinajstić information content (AvgIpc) is 4.01. The first-order valence-electron chi connectivity index (χ1n) is 16.9. The number of H-pyrrole nitrogens is 1. The number of aliphatic hydroxyl groups excluding tert-OH is 6. The van der Waals surface area contributed by atoms with Gasteiger partial charge in [0.05, 0.1) is 26.1 Å². The summed E-state index contributed by atoms with van der Waals surface area (Å²) in [4.78, 5) is 47.7. The van der Waals surface area contributed by atoms with Crippen LogP contribution in [0.25, 0.3) is 33.5 Å². The molecule has 2 fully saturated rings. The number of nitrogen functional groups attached to an aromatic ring is 2. The molecule has 2 aliphatic rings. The maximum atomic E-state index is 12.7. The van der Waals surface area contributed by atoms with E-state index in [1.807, 2.05) is 30.3 Å². The Labute approximate surface area is 335 Å². The van der Waals surface area contributed by atoms with E-state index in [2.05, 4.69) is 76.7 Å². The monoisotopic (exact) mass is 916 g/mol. The van der Waals surface area contributed by atoms with Crippen LogP contribution in [0.1, 0.15) is 18.0 Å². The van der Waals surface area contributed by atoms with Gasteiger partial charge in [0.25, 0.3) is 5.56 Å². The predicted octanol–water partition coefficient (Wildman–Crippen LogP) is -1.27. The molecule has 0 radical (unpaired) electrons. The van der Waals surface area contributed by atoms with Crippen LogP contribution in [0.2, 0.25) is 0 Å². The van der Waals surface area contributed by atoms with Crippen LogP contribution in [0.4, 0.5) is 11.6 Å². The summed E-state index contributed by atoms with van der Waals surface area (Å²) in [6.07, 6.45) is -3.23. The van der Waals surface area contributed by atoms with Gasteiger partial charge in [-0.3, -0.25) is 18.5 Å². The number of hydrogen-bond acceptors (Lipinski definition) is 19. The number of anilines is 2. The smallest absolute Gasteiger partial charge is 0.281 e. The zero-order valence-electron chi connectivity index (χ0n) is 29.2. The van der Waals surface area contributed by atoms with Gasteiger partial charge in [0, 0.05) is 0 Å². The predicted molar refractivity (Wildman–Crippen MR) is 205 cm³/mol. The van der Waals surface area contributed by atoms with E-state index in [9.17, 15) is 30.3 Å². The van der Waals surface area contributed by atoms with Gasteiger partial charge in [-0.25, -0.2) is 39.9 Å². The lowest BCUT2D eigenvalue weighted by Gasteiger charge is -2.17. The zero-order valence-corrected chi connectivity index (χ0v) is 32.3. The number of nitrogens with zero attached hydrogens (tertiary/aromatic N) is 11. The first-order valence-corrected chi connectivity index (χ1v) is 18.5. The number of aromatic amines is 1. The number of benzene rings is 1. The molecule has 2 aliphatic heterocycles. The Morgan fingerprint density at radius 3 is 2.05 bits per heavy atom. The Morgan fingerprint density at radius 1 is 0.737 bits per heavy atom. The van der Waals surface area contributed by atoms with E-state index in [-0.39, 0.29) is 22.5 Å². The van der Waals surface area contributed by atoms with Gasteiger partial charge < -0.3 is 56.6 Å². The fraction of sp³-hybridized carbons (Fsp3) is 0.344. The molecule has 1 aromatic carbocycles. The van der Waals surface area contributed by atoms with Crippen LogP contribution in [-0.2, 0) is 16.0 Å². The molecule has 11 N–H and O–H groups in total. The second-order valence-corrected chi connectivity index (χ2v) is 14.1. The first kappa shape index (κ1) is 40.1. The molecule has 0 aliphatic carbocycles. The lowest BCUT2D eigenvalue weighted by Crippen LogP contribution is -2.33. The lowest BCUT2D eigenvalue weighted by molar-refractivity contribution is -0.0521. The molecule has 8 heterocycles. The molecule has 7 aromatic rings. The molecule has 8 atom stereocenters. The number of halogens is 2. The van der Waals surface area contributed by atoms with E-state index in [4.69, 9.17) is 26.0 Å². The van der Waals surface area contributed by atoms with Crippen molar-refractivity contribution in [2.45, 2.75) is 55.6 Å². The second-order valence-electron chi connectivity index (χ2n) is 12.6. The molecule has 0 amide bonds. The molecule has 6 aromatic heterocycles. The molecule has 0 spiro atoms. The number of ether oxygens (including phenoxy) is 2. The highest BCUT2D eigenvalue weighted by molar-refractivity contribution is 9.10. The minimum absolute atomic E-state index is 0.140. The van der Waals surface area contributed by atoms with Crippen molar-refractivity contribution >= 4 is 77.0 Å². The van der Waals surface area contributed by atoms with E-state index in [0.717, 1.165) is 5.56 Å². The number of aromatic nitrogens is 12. The van der Waals surface area contributed by atoms with Crippen LogP contribution in [0, 0.1) is 0 Å². The number of rotatable bonds is 6. The minimum atomic E-state index is -1.27. The quantitative estimate of drug-likeness (QED) is 0.0879. The van der Waals surface area contributed by atoms with E-state index >= 15 is 0 Å². The van der Waals surface area contributed by atoms with Gasteiger partial charge in [-0.15, -0.1) is 0 Å². The molecule has 25 heteroatoms. The van der Waals surface area contributed by atoms with Gasteiger partial charge in [-0.1, -0.05) is 30.3 Å². The van der Waals surface area contributed by atoms with Crippen molar-refractivity contribution in [2.24, 2.45) is 0 Å². The summed E-state index contributed by atoms with van der Waals surface area (Å²) >= 11 is 6.41. The summed E-state index contributed by atoms with van der Waals surface area (Å²) in [5, 5.41) is 58.3. The highest BCUT2D eigenvalue weighted by Gasteiger charge is 2.45. The Hall–Kier alpha value is -5.09. The maximum absolute atomic E-state index is 12.7. The summed E-state index contributed by atoms with van der Waals surface area (Å²) < 4.78 is 16.2. The van der Waals surface area contributed by atoms with Crippen LogP contribution in [-0.4, -0.2) is 139 Å². The molecule has 300 valence electrons. The highest BCUT2D eigenvalue weighted by Crippen LogP contribution is 2.35. The van der Waals surface area contributed by atoms with Gasteiger partial charge >= 0.3 is 0 Å². The molecule has 0 unspecified atom stereocenters. The Morgan fingerprint density at radius 2 is 1.39 bits per heavy atom. The summed E-state index contributed by atoms with van der Waals surface area (Å²) in [6.45, 7) is -0.474. The topological polar surface area (TPSA) is 343 Å². The Balaban J connectivity index is 0.000000141. The van der Waals surface area contributed by atoms with Gasteiger partial charge in [0.1, 0.15) is 61.1 Å². The SMILES string of the molecule is Nc1ncnc2c1nc(Br)n2[C@@H]1O[C@H](CO)[C@@H](O)[C@H]1O.Nc1ncnc2nc(Br)[nH]c12.O=c1c2ncn([C@@H]3O[C@H](CO)[C@@H](O)[C@H]3O)c2ncn1Cc1ccccc1. The number of imidazole rings is 3. The highest BCUT2D eigenvalue weighted by atomic mass is 79.9. The Bertz CT molecular complexity index is 2550. The number of nitrogens with one attached hydrogen (secondary N) is 1. The summed E-state index contributed by atoms with van der Waals surface area (Å²) in [5.74, 6) is 0.606. The molecular weight excluding hydrogens is 884 g/mol. The fourth-order valence-electron chi connectivity index (χ4n) is 6.17. The van der Waals surface area contributed by atoms with E-state index in [1.54, 1.807) is 0 Å². The van der Waals surface area contributed by atoms with Crippen molar-refractivity contribution in [3.05, 3.63) is 81.0 Å². The van der Waals surface area contributed by atoms with Crippen molar-refractivity contribution in [2.75, 3.05) is 24.7 Å². The van der Waals surface area contributed by atoms with Crippen LogP contribution in [0.5, 0.6) is 0 Å². The molecular formula is C32H34Br2N14O9. The normalized spacial score (nSPS) is 24.4. The van der Waals surface area contributed by atoms with E-state index < -0.39 is 62.3 Å². The molecule has 9 rings (SSSR count). The van der Waals surface area contributed by atoms with Gasteiger partial charge in [-0.05, 0) is 37.4 Å². The Kier molecular flexibility index (Phi) is 11.8. The molecule has 0 bridgehead atoms. The zero-order chi connectivity index (χ0) is 40.5. The van der Waals surface area contributed by atoms with E-state index in [0.29, 0.717) is 44.2 Å². The molecule has 0 saturated carbocycles. The van der Waals surface area contributed by atoms with Crippen molar-refractivity contribution < 1.29 is 40.1 Å². The number of fused-ring (bicyclic) bond motifs is 3. The number of aliphatic hydroxyl groups is 6. The van der Waals surface area contributed by atoms with E-state index in [1.165, 1.54) is 39.0 Å². The minimum Gasteiger partial charge on any atom is -0.394 e. The largest absolute Gasteiger partial charge is 0.394 e. The first-order chi connectivity index (χ1) is 27.4. The number of nitrogens with two attached hydrogens (primary N) is 2. The van der Waals surface area contributed by atoms with Gasteiger partial charge in [-0.2, -0.15) is 0 Å². The molecule has 57 heavy (non-hydrogen) atoms. The van der Waals surface area contributed by atoms with Crippen molar-refractivity contribution in [1.82, 2.24) is 58.6 Å². The van der Waals surface area contributed by atoms with Crippen LogP contribution < -0.4 is 17.0 Å². The fourth-order valence-corrected chi connectivity index (χ4v) is 7.08. The summed E-state index contributed by atoms with van der Waals surface area (Å²) in [6, 6.07) is 9.50. The molecule has 23 nitrogen and oxygen atoms in total. The third-order valence-corrected chi connectivity index (χ3v) is 10.00. The third kappa shape index (κ3) is 7.81. The van der Waals surface area contributed by atoms with Crippen LogP contribution >= 0.6 is 31.9 Å². The van der Waals surface area contributed by atoms with Gasteiger partial charge in [0.2, 0.25) is 0 Å². The number of hydrogen-bond donors (Lipinski definition) is 9. The maximum Gasteiger partial charge on any atom is 0.281 e. The second kappa shape index (κ2) is 16.8. The van der Waals surface area contributed by atoms with Crippen LogP contribution in [0.15, 0.2) is 69.9 Å². The summed E-state index contributed by atoms with van der Waals surface area (Å²) in [7, 11) is 0. The standard InChI is InChI=1S/C17H18N4O5.C10H12BrN5O4.C5H4BrN5/c22-7-11-13(23)14(24)17(26-11)21-9-18-12-15(21)19-8-20(16(12)25)6-10-4-2-1-3-5-10;11-10-15-4-7(12)13-2-14-8(4)16(10)9-6(19)5(18)3(1-17)20-9;6-5-10-2-3(7)8-1-9-4(2)11-5/h1-5,8-9,11,13-14,17,22-24H,6-7H2;2-3,5-6,9,17-19H,1H2,(H2,12,13,14);1H,(H3,7,8,9,10,11)/t11-,13-,14-,17-;3-,5-,6-,9-;/m11./s1. The van der Waals surface area contributed by atoms with Crippen molar-refractivity contribution in [1.29, 1.82) is 0 Å². The summed E-state index contributed by atoms with van der Waals surface area (Å²) in [5.41, 5.74) is 14.2.